The Morgan fingerprint density at radius 3 is 2.62 bits per heavy atom. The predicted octanol–water partition coefficient (Wildman–Crippen LogP) is 2.26. The second-order valence-corrected chi connectivity index (χ2v) is 6.33. The number of benzene rings is 1. The van der Waals surface area contributed by atoms with Crippen molar-refractivity contribution in [3.63, 3.8) is 0 Å². The number of aliphatic hydroxyl groups is 1. The van der Waals surface area contributed by atoms with Crippen molar-refractivity contribution in [1.82, 2.24) is 19.7 Å². The van der Waals surface area contributed by atoms with E-state index in [9.17, 15) is 9.90 Å². The quantitative estimate of drug-likeness (QED) is 0.934. The Bertz CT molecular complexity index is 706. The monoisotopic (exact) mass is 328 g/mol. The lowest BCUT2D eigenvalue weighted by Crippen LogP contribution is -2.44. The van der Waals surface area contributed by atoms with Gasteiger partial charge in [0, 0.05) is 24.8 Å². The third-order valence-electron chi connectivity index (χ3n) is 4.58. The molecule has 1 aromatic heterocycles. The van der Waals surface area contributed by atoms with E-state index in [1.165, 1.54) is 0 Å². The van der Waals surface area contributed by atoms with Crippen molar-refractivity contribution in [2.75, 3.05) is 13.2 Å². The SMILES string of the molecule is Cc1nc(C)n(-c2ccc(C(=O)N3CCCCC3CCO)cc2)n1. The molecule has 2 heterocycles. The van der Waals surface area contributed by atoms with Crippen LogP contribution in [0.25, 0.3) is 5.69 Å². The van der Waals surface area contributed by atoms with Gasteiger partial charge in [0.15, 0.2) is 0 Å². The molecule has 1 fully saturated rings. The topological polar surface area (TPSA) is 71.2 Å². The van der Waals surface area contributed by atoms with Crippen LogP contribution in [0.3, 0.4) is 0 Å². The number of likely N-dealkylation sites (tertiary alicyclic amines) is 1. The molecular weight excluding hydrogens is 304 g/mol. The molecule has 1 aromatic carbocycles. The number of aromatic nitrogens is 3. The highest BCUT2D eigenvalue weighted by molar-refractivity contribution is 5.94. The van der Waals surface area contributed by atoms with Crippen LogP contribution < -0.4 is 0 Å². The van der Waals surface area contributed by atoms with E-state index in [1.54, 1.807) is 4.68 Å². The molecule has 0 bridgehead atoms. The molecule has 0 saturated carbocycles. The van der Waals surface area contributed by atoms with Gasteiger partial charge in [0.25, 0.3) is 5.91 Å². The standard InChI is InChI=1S/C18H24N4O2/c1-13-19-14(2)22(20-13)17-8-6-15(7-9-17)18(24)21-11-4-3-5-16(21)10-12-23/h6-9,16,23H,3-5,10-12H2,1-2H3. The zero-order valence-corrected chi connectivity index (χ0v) is 14.3. The van der Waals surface area contributed by atoms with Crippen molar-refractivity contribution in [3.05, 3.63) is 41.5 Å². The van der Waals surface area contributed by atoms with Gasteiger partial charge in [-0.1, -0.05) is 0 Å². The molecule has 1 atom stereocenters. The summed E-state index contributed by atoms with van der Waals surface area (Å²) in [6.07, 6.45) is 3.78. The Hall–Kier alpha value is -2.21. The zero-order chi connectivity index (χ0) is 17.1. The first-order valence-corrected chi connectivity index (χ1v) is 8.52. The van der Waals surface area contributed by atoms with Crippen molar-refractivity contribution in [1.29, 1.82) is 0 Å². The molecule has 1 amide bonds. The van der Waals surface area contributed by atoms with E-state index in [1.807, 2.05) is 43.0 Å². The van der Waals surface area contributed by atoms with Gasteiger partial charge >= 0.3 is 0 Å². The number of carbonyl (C=O) groups excluding carboxylic acids is 1. The Morgan fingerprint density at radius 2 is 2.00 bits per heavy atom. The molecule has 1 N–H and O–H groups in total. The van der Waals surface area contributed by atoms with Gasteiger partial charge in [0.05, 0.1) is 5.69 Å². The van der Waals surface area contributed by atoms with Gasteiger partial charge in [0.2, 0.25) is 0 Å². The second kappa shape index (κ2) is 7.13. The fourth-order valence-electron chi connectivity index (χ4n) is 3.39. The highest BCUT2D eigenvalue weighted by Gasteiger charge is 2.27. The van der Waals surface area contributed by atoms with Gasteiger partial charge in [-0.15, -0.1) is 0 Å². The molecule has 3 rings (SSSR count). The van der Waals surface area contributed by atoms with Gasteiger partial charge < -0.3 is 10.0 Å². The number of hydrogen-bond acceptors (Lipinski definition) is 4. The van der Waals surface area contributed by atoms with Crippen LogP contribution in [0.15, 0.2) is 24.3 Å². The molecule has 1 aliphatic heterocycles. The van der Waals surface area contributed by atoms with Gasteiger partial charge in [0.1, 0.15) is 11.6 Å². The van der Waals surface area contributed by atoms with E-state index in [2.05, 4.69) is 10.1 Å². The first-order valence-electron chi connectivity index (χ1n) is 8.52. The van der Waals surface area contributed by atoms with Gasteiger partial charge in [-0.05, 0) is 63.8 Å². The molecule has 24 heavy (non-hydrogen) atoms. The van der Waals surface area contributed by atoms with Gasteiger partial charge in [-0.2, -0.15) is 5.10 Å². The van der Waals surface area contributed by atoms with Crippen molar-refractivity contribution < 1.29 is 9.90 Å². The summed E-state index contributed by atoms with van der Waals surface area (Å²) in [6.45, 7) is 4.66. The van der Waals surface area contributed by atoms with Gasteiger partial charge in [-0.3, -0.25) is 4.79 Å². The average molecular weight is 328 g/mol. The van der Waals surface area contributed by atoms with Crippen LogP contribution in [-0.2, 0) is 0 Å². The Kier molecular flexibility index (Phi) is 4.94. The Labute approximate surface area is 142 Å². The molecule has 6 heteroatoms. The molecule has 2 aromatic rings. The van der Waals surface area contributed by atoms with Crippen LogP contribution >= 0.6 is 0 Å². The van der Waals surface area contributed by atoms with Crippen LogP contribution in [0.4, 0.5) is 0 Å². The Morgan fingerprint density at radius 1 is 1.25 bits per heavy atom. The lowest BCUT2D eigenvalue weighted by molar-refractivity contribution is 0.0574. The smallest absolute Gasteiger partial charge is 0.254 e. The van der Waals surface area contributed by atoms with Crippen LogP contribution in [0, 0.1) is 13.8 Å². The fraction of sp³-hybridized carbons (Fsp3) is 0.500. The minimum Gasteiger partial charge on any atom is -0.396 e. The summed E-state index contributed by atoms with van der Waals surface area (Å²) in [7, 11) is 0. The number of aliphatic hydroxyl groups excluding tert-OH is 1. The molecule has 0 radical (unpaired) electrons. The van der Waals surface area contributed by atoms with Crippen molar-refractivity contribution in [2.24, 2.45) is 0 Å². The zero-order valence-electron chi connectivity index (χ0n) is 14.3. The number of nitrogens with zero attached hydrogens (tertiary/aromatic N) is 4. The van der Waals surface area contributed by atoms with Crippen molar-refractivity contribution in [3.8, 4) is 5.69 Å². The van der Waals surface area contributed by atoms with Crippen LogP contribution in [0.2, 0.25) is 0 Å². The average Bonchev–Trinajstić information content (AvgIpc) is 2.93. The lowest BCUT2D eigenvalue weighted by atomic mass is 9.98. The summed E-state index contributed by atoms with van der Waals surface area (Å²) in [5, 5.41) is 13.6. The molecule has 0 spiro atoms. The molecule has 1 aliphatic rings. The maximum absolute atomic E-state index is 12.8. The number of aryl methyl sites for hydroxylation is 2. The molecule has 1 unspecified atom stereocenters. The normalized spacial score (nSPS) is 18.0. The van der Waals surface area contributed by atoms with E-state index in [0.29, 0.717) is 12.0 Å². The number of hydrogen-bond donors (Lipinski definition) is 1. The van der Waals surface area contributed by atoms with E-state index in [4.69, 9.17) is 0 Å². The van der Waals surface area contributed by atoms with E-state index >= 15 is 0 Å². The molecule has 0 aliphatic carbocycles. The maximum atomic E-state index is 12.8. The summed E-state index contributed by atoms with van der Waals surface area (Å²) in [4.78, 5) is 19.0. The van der Waals surface area contributed by atoms with Crippen LogP contribution in [0.1, 0.15) is 47.7 Å². The summed E-state index contributed by atoms with van der Waals surface area (Å²) >= 11 is 0. The van der Waals surface area contributed by atoms with Crippen LogP contribution in [-0.4, -0.2) is 49.9 Å². The minimum atomic E-state index is 0.0474. The number of carbonyl (C=O) groups is 1. The van der Waals surface area contributed by atoms with E-state index in [-0.39, 0.29) is 18.6 Å². The first-order chi connectivity index (χ1) is 11.6. The molecule has 6 nitrogen and oxygen atoms in total. The summed E-state index contributed by atoms with van der Waals surface area (Å²) < 4.78 is 1.78. The number of rotatable bonds is 4. The van der Waals surface area contributed by atoms with Crippen LogP contribution in [0.5, 0.6) is 0 Å². The summed E-state index contributed by atoms with van der Waals surface area (Å²) in [5.74, 6) is 1.60. The second-order valence-electron chi connectivity index (χ2n) is 6.33. The third-order valence-corrected chi connectivity index (χ3v) is 4.58. The van der Waals surface area contributed by atoms with Crippen molar-refractivity contribution in [2.45, 2.75) is 45.6 Å². The predicted molar refractivity (Wildman–Crippen MR) is 91.2 cm³/mol. The summed E-state index contributed by atoms with van der Waals surface area (Å²) in [5.41, 5.74) is 1.58. The first kappa shape index (κ1) is 16.6. The fourth-order valence-corrected chi connectivity index (χ4v) is 3.39. The minimum absolute atomic E-state index is 0.0474. The largest absolute Gasteiger partial charge is 0.396 e. The highest BCUT2D eigenvalue weighted by Crippen LogP contribution is 2.22. The lowest BCUT2D eigenvalue weighted by Gasteiger charge is -2.35. The Balaban J connectivity index is 1.79. The van der Waals surface area contributed by atoms with Crippen molar-refractivity contribution >= 4 is 5.91 Å². The van der Waals surface area contributed by atoms with E-state index < -0.39 is 0 Å². The van der Waals surface area contributed by atoms with Gasteiger partial charge in [-0.25, -0.2) is 9.67 Å². The molecular formula is C18H24N4O2. The number of amides is 1. The molecule has 128 valence electrons. The molecule has 1 saturated heterocycles. The third kappa shape index (κ3) is 3.33. The summed E-state index contributed by atoms with van der Waals surface area (Å²) in [6, 6.07) is 7.65. The number of piperidine rings is 1. The van der Waals surface area contributed by atoms with E-state index in [0.717, 1.165) is 43.1 Å². The highest BCUT2D eigenvalue weighted by atomic mass is 16.3. The maximum Gasteiger partial charge on any atom is 0.254 e.